The first-order chi connectivity index (χ1) is 11.5. The zero-order chi connectivity index (χ0) is 17.2. The number of aliphatic hydroxyl groups is 1. The van der Waals surface area contributed by atoms with Crippen LogP contribution in [0.2, 0.25) is 0 Å². The van der Waals surface area contributed by atoms with Gasteiger partial charge in [0, 0.05) is 32.9 Å². The van der Waals surface area contributed by atoms with E-state index in [-0.39, 0.29) is 12.5 Å². The summed E-state index contributed by atoms with van der Waals surface area (Å²) in [6.45, 7) is 1.20. The number of aromatic nitrogens is 3. The summed E-state index contributed by atoms with van der Waals surface area (Å²) in [5, 5.41) is 17.5. The molecule has 2 N–H and O–H groups in total. The van der Waals surface area contributed by atoms with Gasteiger partial charge in [-0.3, -0.25) is 9.48 Å². The first-order valence-electron chi connectivity index (χ1n) is 7.82. The lowest BCUT2D eigenvalue weighted by molar-refractivity contribution is 0.0253. The number of piperidine rings is 1. The van der Waals surface area contributed by atoms with Gasteiger partial charge in [-0.25, -0.2) is 9.37 Å². The number of amides is 1. The Bertz CT molecular complexity index is 718. The van der Waals surface area contributed by atoms with Gasteiger partial charge in [-0.05, 0) is 31.0 Å². The van der Waals surface area contributed by atoms with Crippen LogP contribution in [-0.4, -0.2) is 51.0 Å². The van der Waals surface area contributed by atoms with Gasteiger partial charge in [-0.2, -0.15) is 5.10 Å². The van der Waals surface area contributed by atoms with Crippen molar-refractivity contribution >= 4 is 11.7 Å². The molecule has 1 amide bonds. The van der Waals surface area contributed by atoms with E-state index < -0.39 is 11.4 Å². The standard InChI is InChI=1S/C16H20FN5O2/c1-21-13(5-7-20-21)15(23)19-10-16(24)6-2-8-22(11-16)14-4-3-12(17)9-18-14/h3-5,7,9,24H,2,6,8,10-11H2,1H3,(H,19,23)/t16-/m0/s1. The Balaban J connectivity index is 1.63. The number of pyridine rings is 1. The van der Waals surface area contributed by atoms with Crippen molar-refractivity contribution in [3.05, 3.63) is 42.1 Å². The summed E-state index contributed by atoms with van der Waals surface area (Å²) in [6, 6.07) is 4.56. The Morgan fingerprint density at radius 2 is 2.29 bits per heavy atom. The summed E-state index contributed by atoms with van der Waals surface area (Å²) >= 11 is 0. The molecule has 2 aromatic heterocycles. The van der Waals surface area contributed by atoms with Crippen molar-refractivity contribution in [3.8, 4) is 0 Å². The fraction of sp³-hybridized carbons (Fsp3) is 0.438. The van der Waals surface area contributed by atoms with Crippen molar-refractivity contribution in [1.29, 1.82) is 0 Å². The van der Waals surface area contributed by atoms with E-state index in [1.54, 1.807) is 25.4 Å². The molecule has 1 fully saturated rings. The van der Waals surface area contributed by atoms with Crippen LogP contribution >= 0.6 is 0 Å². The van der Waals surface area contributed by atoms with E-state index in [4.69, 9.17) is 0 Å². The summed E-state index contributed by atoms with van der Waals surface area (Å²) in [5.74, 6) is -0.0533. The van der Waals surface area contributed by atoms with Crippen LogP contribution in [0.15, 0.2) is 30.6 Å². The second kappa shape index (κ2) is 6.56. The third kappa shape index (κ3) is 3.53. The molecule has 7 nitrogen and oxygen atoms in total. The van der Waals surface area contributed by atoms with Gasteiger partial charge in [0.15, 0.2) is 0 Å². The maximum Gasteiger partial charge on any atom is 0.269 e. The Hall–Kier alpha value is -2.48. The predicted octanol–water partition coefficient (Wildman–Crippen LogP) is 0.715. The molecule has 3 heterocycles. The molecular formula is C16H20FN5O2. The number of rotatable bonds is 4. The van der Waals surface area contributed by atoms with Crippen LogP contribution in [0.3, 0.4) is 0 Å². The molecule has 0 bridgehead atoms. The molecule has 0 unspecified atom stereocenters. The lowest BCUT2D eigenvalue weighted by Gasteiger charge is -2.39. The van der Waals surface area contributed by atoms with Gasteiger partial charge >= 0.3 is 0 Å². The van der Waals surface area contributed by atoms with Crippen molar-refractivity contribution < 1.29 is 14.3 Å². The molecule has 0 radical (unpaired) electrons. The number of hydrogen-bond acceptors (Lipinski definition) is 5. The molecular weight excluding hydrogens is 313 g/mol. The monoisotopic (exact) mass is 333 g/mol. The quantitative estimate of drug-likeness (QED) is 0.861. The highest BCUT2D eigenvalue weighted by Gasteiger charge is 2.34. The second-order valence-corrected chi connectivity index (χ2v) is 6.11. The number of anilines is 1. The minimum absolute atomic E-state index is 0.134. The first kappa shape index (κ1) is 16.4. The molecule has 3 rings (SSSR count). The topological polar surface area (TPSA) is 83.3 Å². The van der Waals surface area contributed by atoms with E-state index in [0.717, 1.165) is 19.2 Å². The minimum atomic E-state index is -1.05. The number of nitrogens with one attached hydrogen (secondary N) is 1. The highest BCUT2D eigenvalue weighted by molar-refractivity contribution is 5.92. The van der Waals surface area contributed by atoms with Crippen LogP contribution in [0.5, 0.6) is 0 Å². The van der Waals surface area contributed by atoms with Crippen LogP contribution in [0.1, 0.15) is 23.3 Å². The first-order valence-corrected chi connectivity index (χ1v) is 7.82. The highest BCUT2D eigenvalue weighted by atomic mass is 19.1. The van der Waals surface area contributed by atoms with E-state index >= 15 is 0 Å². The molecule has 0 aliphatic carbocycles. The summed E-state index contributed by atoms with van der Waals surface area (Å²) in [4.78, 5) is 18.1. The molecule has 24 heavy (non-hydrogen) atoms. The van der Waals surface area contributed by atoms with Gasteiger partial charge in [0.25, 0.3) is 5.91 Å². The average molecular weight is 333 g/mol. The zero-order valence-electron chi connectivity index (χ0n) is 13.4. The van der Waals surface area contributed by atoms with E-state index in [0.29, 0.717) is 24.5 Å². The van der Waals surface area contributed by atoms with E-state index in [1.807, 2.05) is 4.90 Å². The molecule has 0 aromatic carbocycles. The SMILES string of the molecule is Cn1nccc1C(=O)NC[C@@]1(O)CCCN(c2ccc(F)cn2)C1. The van der Waals surface area contributed by atoms with Crippen LogP contribution in [0.4, 0.5) is 10.2 Å². The smallest absolute Gasteiger partial charge is 0.269 e. The Labute approximate surface area is 139 Å². The van der Waals surface area contributed by atoms with Crippen LogP contribution in [-0.2, 0) is 7.05 Å². The third-order valence-corrected chi connectivity index (χ3v) is 4.22. The van der Waals surface area contributed by atoms with Crippen LogP contribution in [0, 0.1) is 5.82 Å². The second-order valence-electron chi connectivity index (χ2n) is 6.11. The van der Waals surface area contributed by atoms with Gasteiger partial charge in [0.2, 0.25) is 0 Å². The average Bonchev–Trinajstić information content (AvgIpc) is 3.00. The number of aryl methyl sites for hydroxylation is 1. The Kier molecular flexibility index (Phi) is 4.48. The molecule has 2 aromatic rings. The van der Waals surface area contributed by atoms with Crippen molar-refractivity contribution in [3.63, 3.8) is 0 Å². The summed E-state index contributed by atoms with van der Waals surface area (Å²) in [5.41, 5.74) is -0.616. The van der Waals surface area contributed by atoms with Crippen molar-refractivity contribution in [1.82, 2.24) is 20.1 Å². The molecule has 0 spiro atoms. The largest absolute Gasteiger partial charge is 0.386 e. The van der Waals surface area contributed by atoms with Gasteiger partial charge in [-0.15, -0.1) is 0 Å². The third-order valence-electron chi connectivity index (χ3n) is 4.22. The normalized spacial score (nSPS) is 20.9. The van der Waals surface area contributed by atoms with Gasteiger partial charge in [0.05, 0.1) is 11.8 Å². The van der Waals surface area contributed by atoms with Gasteiger partial charge in [-0.1, -0.05) is 0 Å². The Morgan fingerprint density at radius 3 is 2.96 bits per heavy atom. The summed E-state index contributed by atoms with van der Waals surface area (Å²) in [7, 11) is 1.69. The summed E-state index contributed by atoms with van der Waals surface area (Å²) < 4.78 is 14.5. The number of halogens is 1. The molecule has 128 valence electrons. The highest BCUT2D eigenvalue weighted by Crippen LogP contribution is 2.24. The van der Waals surface area contributed by atoms with Crippen LogP contribution in [0.25, 0.3) is 0 Å². The lowest BCUT2D eigenvalue weighted by Crippen LogP contribution is -2.54. The van der Waals surface area contributed by atoms with E-state index in [2.05, 4.69) is 15.4 Å². The van der Waals surface area contributed by atoms with Crippen LogP contribution < -0.4 is 10.2 Å². The number of β-amino-alcohol motifs (C(OH)–C–C–N with tert-alkyl or cyclic N) is 1. The number of carbonyl (C=O) groups is 1. The van der Waals surface area contributed by atoms with Crippen molar-refractivity contribution in [2.24, 2.45) is 7.05 Å². The fourth-order valence-corrected chi connectivity index (χ4v) is 2.94. The fourth-order valence-electron chi connectivity index (χ4n) is 2.94. The number of carbonyl (C=O) groups excluding carboxylic acids is 1. The number of hydrogen-bond donors (Lipinski definition) is 2. The lowest BCUT2D eigenvalue weighted by atomic mass is 9.92. The maximum atomic E-state index is 13.0. The molecule has 1 atom stereocenters. The number of nitrogens with zero attached hydrogens (tertiary/aromatic N) is 4. The molecule has 8 heteroatoms. The maximum absolute atomic E-state index is 13.0. The van der Waals surface area contributed by atoms with E-state index in [1.165, 1.54) is 10.7 Å². The zero-order valence-corrected chi connectivity index (χ0v) is 13.4. The molecule has 1 saturated heterocycles. The van der Waals surface area contributed by atoms with E-state index in [9.17, 15) is 14.3 Å². The van der Waals surface area contributed by atoms with Crippen molar-refractivity contribution in [2.45, 2.75) is 18.4 Å². The van der Waals surface area contributed by atoms with Gasteiger partial charge in [0.1, 0.15) is 17.3 Å². The molecule has 0 saturated carbocycles. The molecule has 1 aliphatic heterocycles. The summed E-state index contributed by atoms with van der Waals surface area (Å²) in [6.07, 6.45) is 4.05. The Morgan fingerprint density at radius 1 is 1.46 bits per heavy atom. The van der Waals surface area contributed by atoms with Crippen molar-refractivity contribution in [2.75, 3.05) is 24.5 Å². The minimum Gasteiger partial charge on any atom is -0.386 e. The van der Waals surface area contributed by atoms with Gasteiger partial charge < -0.3 is 15.3 Å². The molecule has 1 aliphatic rings. The predicted molar refractivity (Wildman–Crippen MR) is 86.1 cm³/mol.